The van der Waals surface area contributed by atoms with Gasteiger partial charge >= 0.3 is 11.9 Å². The molecule has 2 saturated heterocycles. The molecular weight excluding hydrogens is 188 g/mol. The van der Waals surface area contributed by atoms with Crippen molar-refractivity contribution in [3.63, 3.8) is 0 Å². The lowest BCUT2D eigenvalue weighted by Crippen LogP contribution is -1.96. The number of hydrogen-bond acceptors (Lipinski definition) is 5. The molecule has 0 N–H and O–H groups in total. The van der Waals surface area contributed by atoms with E-state index in [1.807, 2.05) is 0 Å². The van der Waals surface area contributed by atoms with Gasteiger partial charge in [0.15, 0.2) is 0 Å². The van der Waals surface area contributed by atoms with Crippen molar-refractivity contribution in [1.29, 1.82) is 0 Å². The fourth-order valence-electron chi connectivity index (χ4n) is 0.399. The van der Waals surface area contributed by atoms with Gasteiger partial charge in [0.25, 0.3) is 0 Å². The molecule has 0 aliphatic carbocycles. The van der Waals surface area contributed by atoms with Crippen molar-refractivity contribution in [2.75, 3.05) is 19.8 Å². The number of carbonyl (C=O) groups excluding carboxylic acids is 2. The Kier molecular flexibility index (Phi) is 4.28. The van der Waals surface area contributed by atoms with Crippen molar-refractivity contribution in [3.8, 4) is 0 Å². The Labute approximate surface area is 81.6 Å². The fraction of sp³-hybridized carbons (Fsp3) is 0.556. The van der Waals surface area contributed by atoms with Crippen LogP contribution in [0.1, 0.15) is 6.92 Å². The van der Waals surface area contributed by atoms with E-state index in [1.165, 1.54) is 0 Å². The predicted octanol–water partition coefficient (Wildman–Crippen LogP) is 0.0477. The van der Waals surface area contributed by atoms with Crippen LogP contribution in [-0.4, -0.2) is 37.9 Å². The van der Waals surface area contributed by atoms with Crippen LogP contribution >= 0.6 is 0 Å². The number of esters is 2. The highest BCUT2D eigenvalue weighted by Gasteiger charge is 2.13. The largest absolute Gasteiger partial charge is 0.387 e. The number of epoxide rings is 2. The zero-order chi connectivity index (χ0) is 10.4. The minimum Gasteiger partial charge on any atom is -0.387 e. The maximum Gasteiger partial charge on any atom is 0.338 e. The van der Waals surface area contributed by atoms with Gasteiger partial charge in [-0.3, -0.25) is 0 Å². The molecule has 3 heterocycles. The molecule has 0 aromatic carbocycles. The minimum atomic E-state index is -0.579. The Morgan fingerprint density at radius 2 is 1.57 bits per heavy atom. The Morgan fingerprint density at radius 1 is 1.21 bits per heavy atom. The van der Waals surface area contributed by atoms with Gasteiger partial charge in [0.05, 0.1) is 25.9 Å². The van der Waals surface area contributed by atoms with Gasteiger partial charge in [0.1, 0.15) is 0 Å². The van der Waals surface area contributed by atoms with E-state index in [2.05, 4.69) is 16.4 Å². The molecule has 14 heavy (non-hydrogen) atoms. The average Bonchev–Trinajstić information content (AvgIpc) is 2.97. The number of carbonyl (C=O) groups is 2. The van der Waals surface area contributed by atoms with E-state index in [9.17, 15) is 9.59 Å². The second kappa shape index (κ2) is 5.51. The number of ether oxygens (including phenoxy) is 3. The first kappa shape index (κ1) is 10.9. The highest BCUT2D eigenvalue weighted by atomic mass is 16.6. The van der Waals surface area contributed by atoms with E-state index in [0.717, 1.165) is 32.0 Å². The molecule has 0 bridgehead atoms. The summed E-state index contributed by atoms with van der Waals surface area (Å²) in [4.78, 5) is 19.8. The van der Waals surface area contributed by atoms with Crippen molar-refractivity contribution in [1.82, 2.24) is 0 Å². The van der Waals surface area contributed by atoms with Gasteiger partial charge in [-0.1, -0.05) is 0 Å². The van der Waals surface area contributed by atoms with E-state index in [1.54, 1.807) is 0 Å². The van der Waals surface area contributed by atoms with Gasteiger partial charge in [-0.25, -0.2) is 9.59 Å². The van der Waals surface area contributed by atoms with Gasteiger partial charge in [-0.05, 0) is 6.92 Å². The van der Waals surface area contributed by atoms with Gasteiger partial charge in [-0.2, -0.15) is 0 Å². The van der Waals surface area contributed by atoms with E-state index >= 15 is 0 Å². The summed E-state index contributed by atoms with van der Waals surface area (Å²) in [7, 11) is 0. The SMILES string of the molecule is C1CO1.CC1CO1.O=C1C=CC(=O)O1. The zero-order valence-corrected chi connectivity index (χ0v) is 7.89. The first-order valence-corrected chi connectivity index (χ1v) is 4.31. The summed E-state index contributed by atoms with van der Waals surface area (Å²) in [6.45, 7) is 5.04. The molecule has 78 valence electrons. The summed E-state index contributed by atoms with van der Waals surface area (Å²) in [6, 6.07) is 0. The fourth-order valence-corrected chi connectivity index (χ4v) is 0.399. The second-order valence-corrected chi connectivity index (χ2v) is 2.83. The number of hydrogen-bond donors (Lipinski definition) is 0. The van der Waals surface area contributed by atoms with E-state index in [-0.39, 0.29) is 0 Å². The molecule has 3 rings (SSSR count). The first-order chi connectivity index (χ1) is 6.68. The molecule has 2 fully saturated rings. The summed E-state index contributed by atoms with van der Waals surface area (Å²) in [5.41, 5.74) is 0. The van der Waals surface area contributed by atoms with Gasteiger partial charge in [-0.15, -0.1) is 0 Å². The molecule has 1 unspecified atom stereocenters. The average molecular weight is 200 g/mol. The van der Waals surface area contributed by atoms with Crippen molar-refractivity contribution in [2.24, 2.45) is 0 Å². The molecular formula is C9H12O5. The highest BCUT2D eigenvalue weighted by Crippen LogP contribution is 2.04. The van der Waals surface area contributed by atoms with Gasteiger partial charge in [0, 0.05) is 12.2 Å². The Bertz CT molecular complexity index is 221. The van der Waals surface area contributed by atoms with E-state index in [0.29, 0.717) is 6.10 Å². The first-order valence-electron chi connectivity index (χ1n) is 4.31. The third kappa shape index (κ3) is 7.45. The van der Waals surface area contributed by atoms with Gasteiger partial charge in [0.2, 0.25) is 0 Å². The maximum atomic E-state index is 9.92. The molecule has 3 aliphatic rings. The van der Waals surface area contributed by atoms with Crippen LogP contribution in [0.5, 0.6) is 0 Å². The maximum absolute atomic E-state index is 9.92. The monoisotopic (exact) mass is 200 g/mol. The van der Waals surface area contributed by atoms with Crippen LogP contribution in [0.2, 0.25) is 0 Å². The Morgan fingerprint density at radius 3 is 1.64 bits per heavy atom. The standard InChI is InChI=1S/C4H2O3.C3H6O.C2H4O/c5-3-1-2-4(6)7-3;1-3-2-4-3;1-2-3-1/h1-2H;3H,2H2,1H3;1-2H2. The van der Waals surface area contributed by atoms with Crippen molar-refractivity contribution >= 4 is 11.9 Å². The quantitative estimate of drug-likeness (QED) is 0.314. The lowest BCUT2D eigenvalue weighted by atomic mass is 10.6. The predicted molar refractivity (Wildman–Crippen MR) is 46.5 cm³/mol. The van der Waals surface area contributed by atoms with Crippen LogP contribution in [-0.2, 0) is 23.8 Å². The minimum absolute atomic E-state index is 0.579. The molecule has 3 aliphatic heterocycles. The molecule has 0 radical (unpaired) electrons. The highest BCUT2D eigenvalue weighted by molar-refractivity contribution is 6.04. The van der Waals surface area contributed by atoms with Crippen LogP contribution in [0.3, 0.4) is 0 Å². The second-order valence-electron chi connectivity index (χ2n) is 2.83. The number of rotatable bonds is 0. The molecule has 0 spiro atoms. The molecule has 0 aromatic heterocycles. The molecule has 0 amide bonds. The third-order valence-corrected chi connectivity index (χ3v) is 1.26. The Hall–Kier alpha value is -1.20. The molecule has 0 aromatic rings. The van der Waals surface area contributed by atoms with Crippen LogP contribution in [0, 0.1) is 0 Å². The van der Waals surface area contributed by atoms with Crippen LogP contribution in [0.4, 0.5) is 0 Å². The number of cyclic esters (lactones) is 2. The topological polar surface area (TPSA) is 68.4 Å². The van der Waals surface area contributed by atoms with Crippen LogP contribution in [0.15, 0.2) is 12.2 Å². The summed E-state index contributed by atoms with van der Waals surface area (Å²) in [5.74, 6) is -1.16. The Balaban J connectivity index is 0.000000117. The summed E-state index contributed by atoms with van der Waals surface area (Å²) in [5, 5.41) is 0. The summed E-state index contributed by atoms with van der Waals surface area (Å²) < 4.78 is 13.2. The van der Waals surface area contributed by atoms with Crippen LogP contribution < -0.4 is 0 Å². The smallest absolute Gasteiger partial charge is 0.338 e. The third-order valence-electron chi connectivity index (χ3n) is 1.26. The van der Waals surface area contributed by atoms with Crippen molar-refractivity contribution in [3.05, 3.63) is 12.2 Å². The van der Waals surface area contributed by atoms with E-state index < -0.39 is 11.9 Å². The lowest BCUT2D eigenvalue weighted by Gasteiger charge is -1.80. The molecule has 0 saturated carbocycles. The molecule has 5 nitrogen and oxygen atoms in total. The van der Waals surface area contributed by atoms with E-state index in [4.69, 9.17) is 4.74 Å². The van der Waals surface area contributed by atoms with Gasteiger partial charge < -0.3 is 14.2 Å². The lowest BCUT2D eigenvalue weighted by molar-refractivity contribution is -0.150. The summed E-state index contributed by atoms with van der Waals surface area (Å²) in [6.07, 6.45) is 2.75. The molecule has 5 heteroatoms. The summed E-state index contributed by atoms with van der Waals surface area (Å²) >= 11 is 0. The van der Waals surface area contributed by atoms with Crippen molar-refractivity contribution in [2.45, 2.75) is 13.0 Å². The zero-order valence-electron chi connectivity index (χ0n) is 7.89. The normalized spacial score (nSPS) is 25.4. The molecule has 1 atom stereocenters. The van der Waals surface area contributed by atoms with Crippen molar-refractivity contribution < 1.29 is 23.8 Å². The van der Waals surface area contributed by atoms with Crippen LogP contribution in [0.25, 0.3) is 0 Å².